The van der Waals surface area contributed by atoms with Crippen molar-refractivity contribution in [2.24, 2.45) is 0 Å². The Morgan fingerprint density at radius 2 is 2.20 bits per heavy atom. The molecule has 2 atom stereocenters. The predicted octanol–water partition coefficient (Wildman–Crippen LogP) is 1.81. The highest BCUT2D eigenvalue weighted by molar-refractivity contribution is 5.11. The lowest BCUT2D eigenvalue weighted by Gasteiger charge is -2.22. The predicted molar refractivity (Wildman–Crippen MR) is 76.3 cm³/mol. The largest absolute Gasteiger partial charge is 0.380 e. The summed E-state index contributed by atoms with van der Waals surface area (Å²) >= 11 is 0. The second-order valence-electron chi connectivity index (χ2n) is 5.18. The molecule has 1 fully saturated rings. The van der Waals surface area contributed by atoms with Crippen molar-refractivity contribution < 1.29 is 4.74 Å². The van der Waals surface area contributed by atoms with Gasteiger partial charge in [-0.15, -0.1) is 0 Å². The summed E-state index contributed by atoms with van der Waals surface area (Å²) in [6, 6.07) is 4.48. The number of imidazole rings is 1. The lowest BCUT2D eigenvalue weighted by molar-refractivity contribution is 0.108. The molecular weight excluding hydrogens is 252 g/mol. The first-order valence-corrected chi connectivity index (χ1v) is 7.02. The van der Waals surface area contributed by atoms with Gasteiger partial charge in [0.2, 0.25) is 0 Å². The van der Waals surface area contributed by atoms with Crippen molar-refractivity contribution >= 4 is 0 Å². The summed E-state index contributed by atoms with van der Waals surface area (Å²) in [6.45, 7) is 1.97. The standard InChI is InChI=1S/C15H20N4O/c1-20-13-10-14(15-17-7-8-18-15)19(11-13)9-4-12-2-5-16-6-3-12/h2-3,5-8,13-14H,4,9-11H2,1H3,(H,17,18)/t13-,14?/m1/s1. The number of pyridine rings is 1. The number of nitrogens with zero attached hydrogens (tertiary/aromatic N) is 3. The Morgan fingerprint density at radius 3 is 2.90 bits per heavy atom. The van der Waals surface area contributed by atoms with Crippen LogP contribution in [-0.4, -0.2) is 46.2 Å². The van der Waals surface area contributed by atoms with Crippen LogP contribution in [0, 0.1) is 0 Å². The molecule has 2 aromatic heterocycles. The van der Waals surface area contributed by atoms with Crippen LogP contribution in [0.3, 0.4) is 0 Å². The first-order valence-electron chi connectivity index (χ1n) is 7.02. The van der Waals surface area contributed by atoms with Gasteiger partial charge in [0.25, 0.3) is 0 Å². The molecular formula is C15H20N4O. The van der Waals surface area contributed by atoms with E-state index in [1.165, 1.54) is 5.56 Å². The summed E-state index contributed by atoms with van der Waals surface area (Å²) in [4.78, 5) is 14.2. The first-order chi connectivity index (χ1) is 9.86. The van der Waals surface area contributed by atoms with E-state index in [1.54, 1.807) is 7.11 Å². The summed E-state index contributed by atoms with van der Waals surface area (Å²) in [5, 5.41) is 0. The molecule has 0 spiro atoms. The van der Waals surface area contributed by atoms with E-state index in [2.05, 4.69) is 32.0 Å². The maximum absolute atomic E-state index is 5.53. The number of nitrogens with one attached hydrogen (secondary N) is 1. The number of H-pyrrole nitrogens is 1. The van der Waals surface area contributed by atoms with Crippen LogP contribution in [0.4, 0.5) is 0 Å². The Hall–Kier alpha value is -1.72. The molecule has 2 aromatic rings. The Balaban J connectivity index is 1.66. The molecule has 5 heteroatoms. The van der Waals surface area contributed by atoms with Crippen molar-refractivity contribution in [3.63, 3.8) is 0 Å². The number of hydrogen-bond donors (Lipinski definition) is 1. The lowest BCUT2D eigenvalue weighted by atomic mass is 10.1. The third kappa shape index (κ3) is 2.89. The van der Waals surface area contributed by atoms with E-state index in [4.69, 9.17) is 4.74 Å². The molecule has 0 aliphatic carbocycles. The number of rotatable bonds is 5. The molecule has 106 valence electrons. The molecule has 1 unspecified atom stereocenters. The maximum atomic E-state index is 5.53. The average molecular weight is 272 g/mol. The van der Waals surface area contributed by atoms with Crippen molar-refractivity contribution in [2.45, 2.75) is 25.0 Å². The summed E-state index contributed by atoms with van der Waals surface area (Å²) in [6.07, 6.45) is 9.72. The number of hydrogen-bond acceptors (Lipinski definition) is 4. The van der Waals surface area contributed by atoms with Gasteiger partial charge in [-0.2, -0.15) is 0 Å². The van der Waals surface area contributed by atoms with Crippen LogP contribution < -0.4 is 0 Å². The van der Waals surface area contributed by atoms with Crippen LogP contribution in [0.25, 0.3) is 0 Å². The third-order valence-electron chi connectivity index (χ3n) is 3.97. The summed E-state index contributed by atoms with van der Waals surface area (Å²) in [5.41, 5.74) is 1.32. The third-order valence-corrected chi connectivity index (χ3v) is 3.97. The smallest absolute Gasteiger partial charge is 0.123 e. The van der Waals surface area contributed by atoms with E-state index in [-0.39, 0.29) is 0 Å². The molecule has 1 aliphatic heterocycles. The molecule has 3 heterocycles. The van der Waals surface area contributed by atoms with E-state index in [9.17, 15) is 0 Å². The zero-order chi connectivity index (χ0) is 13.8. The fourth-order valence-corrected chi connectivity index (χ4v) is 2.85. The maximum Gasteiger partial charge on any atom is 0.123 e. The zero-order valence-corrected chi connectivity index (χ0v) is 11.7. The van der Waals surface area contributed by atoms with Gasteiger partial charge in [0, 0.05) is 45.0 Å². The molecule has 1 N–H and O–H groups in total. The monoisotopic (exact) mass is 272 g/mol. The van der Waals surface area contributed by atoms with Crippen molar-refractivity contribution in [3.8, 4) is 0 Å². The molecule has 0 radical (unpaired) electrons. The molecule has 0 saturated carbocycles. The molecule has 20 heavy (non-hydrogen) atoms. The van der Waals surface area contributed by atoms with Crippen LogP contribution in [0.2, 0.25) is 0 Å². The second-order valence-corrected chi connectivity index (χ2v) is 5.18. The number of likely N-dealkylation sites (tertiary alicyclic amines) is 1. The highest BCUT2D eigenvalue weighted by Crippen LogP contribution is 2.31. The Bertz CT molecular complexity index is 514. The molecule has 0 amide bonds. The van der Waals surface area contributed by atoms with E-state index >= 15 is 0 Å². The molecule has 1 saturated heterocycles. The van der Waals surface area contributed by atoms with Crippen LogP contribution in [0.15, 0.2) is 36.9 Å². The highest BCUT2D eigenvalue weighted by atomic mass is 16.5. The summed E-state index contributed by atoms with van der Waals surface area (Å²) in [5.74, 6) is 1.04. The van der Waals surface area contributed by atoms with Crippen LogP contribution >= 0.6 is 0 Å². The quantitative estimate of drug-likeness (QED) is 0.902. The molecule has 3 rings (SSSR count). The first kappa shape index (κ1) is 13.3. The van der Waals surface area contributed by atoms with Crippen molar-refractivity contribution in [2.75, 3.05) is 20.2 Å². The van der Waals surface area contributed by atoms with Crippen LogP contribution in [-0.2, 0) is 11.2 Å². The van der Waals surface area contributed by atoms with Crippen LogP contribution in [0.1, 0.15) is 23.9 Å². The SMILES string of the molecule is CO[C@@H]1CC(c2ncc[nH]2)N(CCc2ccncc2)C1. The Morgan fingerprint density at radius 1 is 1.35 bits per heavy atom. The van der Waals surface area contributed by atoms with Gasteiger partial charge in [-0.25, -0.2) is 4.98 Å². The van der Waals surface area contributed by atoms with E-state index in [0.717, 1.165) is 31.8 Å². The lowest BCUT2D eigenvalue weighted by Crippen LogP contribution is -2.28. The minimum Gasteiger partial charge on any atom is -0.380 e. The van der Waals surface area contributed by atoms with Gasteiger partial charge in [0.05, 0.1) is 12.1 Å². The van der Waals surface area contributed by atoms with Gasteiger partial charge < -0.3 is 9.72 Å². The number of aromatic amines is 1. The van der Waals surface area contributed by atoms with Crippen molar-refractivity contribution in [1.82, 2.24) is 19.9 Å². The second kappa shape index (κ2) is 6.15. The van der Waals surface area contributed by atoms with Gasteiger partial charge in [-0.3, -0.25) is 9.88 Å². The van der Waals surface area contributed by atoms with Crippen molar-refractivity contribution in [1.29, 1.82) is 0 Å². The molecule has 5 nitrogen and oxygen atoms in total. The van der Waals surface area contributed by atoms with Gasteiger partial charge in [-0.1, -0.05) is 0 Å². The van der Waals surface area contributed by atoms with Gasteiger partial charge in [0.15, 0.2) is 0 Å². The Labute approximate surface area is 119 Å². The van der Waals surface area contributed by atoms with Gasteiger partial charge >= 0.3 is 0 Å². The number of methoxy groups -OCH3 is 1. The minimum absolute atomic E-state index is 0.294. The van der Waals surface area contributed by atoms with Gasteiger partial charge in [0.1, 0.15) is 5.82 Å². The molecule has 0 aromatic carbocycles. The highest BCUT2D eigenvalue weighted by Gasteiger charge is 2.34. The van der Waals surface area contributed by atoms with Gasteiger partial charge in [-0.05, 0) is 30.5 Å². The summed E-state index contributed by atoms with van der Waals surface area (Å²) in [7, 11) is 1.79. The molecule has 0 bridgehead atoms. The number of aromatic nitrogens is 3. The topological polar surface area (TPSA) is 54.0 Å². The normalized spacial score (nSPS) is 23.2. The fraction of sp³-hybridized carbons (Fsp3) is 0.467. The van der Waals surface area contributed by atoms with Crippen LogP contribution in [0.5, 0.6) is 0 Å². The fourth-order valence-electron chi connectivity index (χ4n) is 2.85. The van der Waals surface area contributed by atoms with E-state index in [1.807, 2.05) is 24.8 Å². The number of ether oxygens (including phenoxy) is 1. The zero-order valence-electron chi connectivity index (χ0n) is 11.7. The molecule has 1 aliphatic rings. The average Bonchev–Trinajstić information content (AvgIpc) is 3.15. The summed E-state index contributed by atoms with van der Waals surface area (Å²) < 4.78 is 5.53. The van der Waals surface area contributed by atoms with E-state index in [0.29, 0.717) is 12.1 Å². The van der Waals surface area contributed by atoms with E-state index < -0.39 is 0 Å². The van der Waals surface area contributed by atoms with Crippen molar-refractivity contribution in [3.05, 3.63) is 48.3 Å². The Kier molecular flexibility index (Phi) is 4.08. The minimum atomic E-state index is 0.294.